The van der Waals surface area contributed by atoms with Crippen LogP contribution in [0.4, 0.5) is 5.69 Å². The summed E-state index contributed by atoms with van der Waals surface area (Å²) in [6.45, 7) is 4.89. The standard InChI is InChI=1S/C20H20N4O4S/c1-11-8-12(2)21-18-17(11)19(26)24-20(23-18)29-10-16(25)22-13-4-5-14-15(9-13)28-7-3-6-27-14/h4-5,8-9H,3,6-7,10H2,1-2H3,(H,22,25)(H,21,23,24,26). The first kappa shape index (κ1) is 19.3. The summed E-state index contributed by atoms with van der Waals surface area (Å²) >= 11 is 1.15. The Morgan fingerprint density at radius 2 is 1.97 bits per heavy atom. The van der Waals surface area contributed by atoms with Gasteiger partial charge in [-0.05, 0) is 37.6 Å². The Labute approximate surface area is 171 Å². The Kier molecular flexibility index (Phi) is 5.39. The van der Waals surface area contributed by atoms with Gasteiger partial charge in [0, 0.05) is 23.9 Å². The molecule has 0 fully saturated rings. The molecule has 4 rings (SSSR count). The van der Waals surface area contributed by atoms with Gasteiger partial charge in [-0.1, -0.05) is 11.8 Å². The number of H-pyrrole nitrogens is 1. The van der Waals surface area contributed by atoms with Crippen LogP contribution in [0.3, 0.4) is 0 Å². The van der Waals surface area contributed by atoms with Gasteiger partial charge < -0.3 is 19.8 Å². The van der Waals surface area contributed by atoms with Crippen molar-refractivity contribution in [2.45, 2.75) is 25.4 Å². The van der Waals surface area contributed by atoms with Crippen LogP contribution in [-0.2, 0) is 4.79 Å². The number of nitrogens with zero attached hydrogens (tertiary/aromatic N) is 2. The van der Waals surface area contributed by atoms with E-state index in [1.54, 1.807) is 18.2 Å². The van der Waals surface area contributed by atoms with Gasteiger partial charge in [-0.3, -0.25) is 9.59 Å². The second kappa shape index (κ2) is 8.12. The first-order valence-electron chi connectivity index (χ1n) is 9.20. The average molecular weight is 412 g/mol. The lowest BCUT2D eigenvalue weighted by Gasteiger charge is -2.10. The molecule has 1 aromatic carbocycles. The molecule has 2 N–H and O–H groups in total. The van der Waals surface area contributed by atoms with E-state index in [-0.39, 0.29) is 17.2 Å². The van der Waals surface area contributed by atoms with E-state index in [2.05, 4.69) is 20.3 Å². The third kappa shape index (κ3) is 4.34. The number of thioether (sulfide) groups is 1. The second-order valence-corrected chi connectivity index (χ2v) is 7.66. The van der Waals surface area contributed by atoms with Crippen molar-refractivity contribution < 1.29 is 14.3 Å². The first-order chi connectivity index (χ1) is 14.0. The minimum Gasteiger partial charge on any atom is -0.490 e. The van der Waals surface area contributed by atoms with Gasteiger partial charge in [-0.2, -0.15) is 0 Å². The topological polar surface area (TPSA) is 106 Å². The zero-order valence-electron chi connectivity index (χ0n) is 16.1. The number of aromatic amines is 1. The largest absolute Gasteiger partial charge is 0.490 e. The molecule has 150 valence electrons. The summed E-state index contributed by atoms with van der Waals surface area (Å²) in [5, 5.41) is 3.65. The molecule has 0 saturated carbocycles. The SMILES string of the molecule is Cc1cc(C)c2c(=O)[nH]c(SCC(=O)Nc3ccc4c(c3)OCCCO4)nc2n1. The highest BCUT2D eigenvalue weighted by atomic mass is 32.2. The second-order valence-electron chi connectivity index (χ2n) is 6.70. The van der Waals surface area contributed by atoms with Crippen LogP contribution in [0.25, 0.3) is 11.0 Å². The van der Waals surface area contributed by atoms with Crippen molar-refractivity contribution in [3.05, 3.63) is 45.9 Å². The molecular weight excluding hydrogens is 392 g/mol. The fourth-order valence-corrected chi connectivity index (χ4v) is 3.76. The van der Waals surface area contributed by atoms with Crippen molar-refractivity contribution >= 4 is 34.4 Å². The molecule has 0 aliphatic carbocycles. The van der Waals surface area contributed by atoms with Gasteiger partial charge in [0.05, 0.1) is 24.4 Å². The number of benzene rings is 1. The molecule has 0 spiro atoms. The number of hydrogen-bond donors (Lipinski definition) is 2. The lowest BCUT2D eigenvalue weighted by Crippen LogP contribution is -2.16. The van der Waals surface area contributed by atoms with Crippen LogP contribution < -0.4 is 20.3 Å². The predicted octanol–water partition coefficient (Wildman–Crippen LogP) is 2.83. The van der Waals surface area contributed by atoms with Crippen molar-refractivity contribution in [3.8, 4) is 11.5 Å². The monoisotopic (exact) mass is 412 g/mol. The minimum absolute atomic E-state index is 0.0910. The maximum Gasteiger partial charge on any atom is 0.261 e. The van der Waals surface area contributed by atoms with Crippen LogP contribution in [0.5, 0.6) is 11.5 Å². The zero-order chi connectivity index (χ0) is 20.4. The Bertz CT molecular complexity index is 1150. The lowest BCUT2D eigenvalue weighted by atomic mass is 10.2. The van der Waals surface area contributed by atoms with Crippen molar-refractivity contribution in [2.24, 2.45) is 0 Å². The van der Waals surface area contributed by atoms with Crippen LogP contribution in [0.15, 0.2) is 34.2 Å². The van der Waals surface area contributed by atoms with Gasteiger partial charge in [0.2, 0.25) is 5.91 Å². The van der Waals surface area contributed by atoms with Gasteiger partial charge >= 0.3 is 0 Å². The van der Waals surface area contributed by atoms with Gasteiger partial charge in [0.1, 0.15) is 0 Å². The maximum atomic E-state index is 12.4. The molecule has 2 aromatic heterocycles. The maximum absolute atomic E-state index is 12.4. The normalized spacial score (nSPS) is 13.2. The van der Waals surface area contributed by atoms with Crippen molar-refractivity contribution in [3.63, 3.8) is 0 Å². The van der Waals surface area contributed by atoms with E-state index in [0.717, 1.165) is 29.4 Å². The molecule has 3 aromatic rings. The van der Waals surface area contributed by atoms with Crippen molar-refractivity contribution in [2.75, 3.05) is 24.3 Å². The van der Waals surface area contributed by atoms with E-state index in [1.165, 1.54) is 0 Å². The van der Waals surface area contributed by atoms with Crippen LogP contribution in [0, 0.1) is 13.8 Å². The van der Waals surface area contributed by atoms with E-state index in [1.807, 2.05) is 19.9 Å². The Morgan fingerprint density at radius 1 is 1.17 bits per heavy atom. The quantitative estimate of drug-likeness (QED) is 0.501. The number of fused-ring (bicyclic) bond motifs is 2. The number of hydrogen-bond acceptors (Lipinski definition) is 7. The Balaban J connectivity index is 1.45. The number of aryl methyl sites for hydroxylation is 2. The number of amides is 1. The molecule has 3 heterocycles. The minimum atomic E-state index is -0.259. The fourth-order valence-electron chi connectivity index (χ4n) is 3.10. The van der Waals surface area contributed by atoms with E-state index in [9.17, 15) is 9.59 Å². The molecule has 0 radical (unpaired) electrons. The van der Waals surface area contributed by atoms with Crippen molar-refractivity contribution in [1.82, 2.24) is 15.0 Å². The number of pyridine rings is 1. The van der Waals surface area contributed by atoms with E-state index < -0.39 is 0 Å². The zero-order valence-corrected chi connectivity index (χ0v) is 16.9. The molecule has 0 unspecified atom stereocenters. The molecule has 9 heteroatoms. The number of nitrogens with one attached hydrogen (secondary N) is 2. The van der Waals surface area contributed by atoms with Gasteiger partial charge in [0.25, 0.3) is 5.56 Å². The smallest absolute Gasteiger partial charge is 0.261 e. The van der Waals surface area contributed by atoms with Gasteiger partial charge in [0.15, 0.2) is 22.3 Å². The summed E-state index contributed by atoms with van der Waals surface area (Å²) in [5.41, 5.74) is 2.36. The van der Waals surface area contributed by atoms with Gasteiger partial charge in [-0.15, -0.1) is 0 Å². The molecule has 1 aliphatic rings. The third-order valence-corrected chi connectivity index (χ3v) is 5.23. The number of ether oxygens (including phenoxy) is 2. The summed E-state index contributed by atoms with van der Waals surface area (Å²) in [5.74, 6) is 1.16. The Morgan fingerprint density at radius 3 is 2.79 bits per heavy atom. The fraction of sp³-hybridized carbons (Fsp3) is 0.300. The van der Waals surface area contributed by atoms with Crippen molar-refractivity contribution in [1.29, 1.82) is 0 Å². The summed E-state index contributed by atoms with van der Waals surface area (Å²) in [6.07, 6.45) is 0.817. The highest BCUT2D eigenvalue weighted by Crippen LogP contribution is 2.32. The third-order valence-electron chi connectivity index (χ3n) is 4.35. The summed E-state index contributed by atoms with van der Waals surface area (Å²) in [6, 6.07) is 7.13. The molecule has 0 atom stereocenters. The molecular formula is C20H20N4O4S. The van der Waals surface area contributed by atoms with E-state index in [4.69, 9.17) is 9.47 Å². The summed E-state index contributed by atoms with van der Waals surface area (Å²) in [7, 11) is 0. The first-order valence-corrected chi connectivity index (χ1v) is 10.2. The van der Waals surface area contributed by atoms with Crippen LogP contribution in [0.1, 0.15) is 17.7 Å². The average Bonchev–Trinajstić information content (AvgIpc) is 2.90. The highest BCUT2D eigenvalue weighted by Gasteiger charge is 2.13. The predicted molar refractivity (Wildman–Crippen MR) is 111 cm³/mol. The highest BCUT2D eigenvalue weighted by molar-refractivity contribution is 7.99. The van der Waals surface area contributed by atoms with Crippen LogP contribution in [-0.4, -0.2) is 39.8 Å². The summed E-state index contributed by atoms with van der Waals surface area (Å²) < 4.78 is 11.2. The molecule has 29 heavy (non-hydrogen) atoms. The van der Waals surface area contributed by atoms with E-state index >= 15 is 0 Å². The summed E-state index contributed by atoms with van der Waals surface area (Å²) in [4.78, 5) is 36.1. The number of rotatable bonds is 4. The number of anilines is 1. The van der Waals surface area contributed by atoms with E-state index in [0.29, 0.717) is 46.6 Å². The lowest BCUT2D eigenvalue weighted by molar-refractivity contribution is -0.113. The van der Waals surface area contributed by atoms with Crippen LogP contribution >= 0.6 is 11.8 Å². The molecule has 0 bridgehead atoms. The number of carbonyl (C=O) groups is 1. The Hall–Kier alpha value is -3.07. The molecule has 0 saturated heterocycles. The molecule has 1 aliphatic heterocycles. The number of aromatic nitrogens is 3. The number of carbonyl (C=O) groups excluding carboxylic acids is 1. The molecule has 1 amide bonds. The van der Waals surface area contributed by atoms with Gasteiger partial charge in [-0.25, -0.2) is 9.97 Å². The van der Waals surface area contributed by atoms with Crippen LogP contribution in [0.2, 0.25) is 0 Å². The molecule has 8 nitrogen and oxygen atoms in total.